The van der Waals surface area contributed by atoms with Gasteiger partial charge in [0.25, 0.3) is 0 Å². The van der Waals surface area contributed by atoms with E-state index in [0.29, 0.717) is 13.2 Å². The fourth-order valence-electron chi connectivity index (χ4n) is 2.57. The first-order valence-electron chi connectivity index (χ1n) is 7.49. The molecule has 2 N–H and O–H groups in total. The van der Waals surface area contributed by atoms with Gasteiger partial charge in [0, 0.05) is 10.5 Å². The molecule has 1 aliphatic heterocycles. The smallest absolute Gasteiger partial charge is 0.227 e. The lowest BCUT2D eigenvalue weighted by Gasteiger charge is -2.22. The number of benzene rings is 1. The Morgan fingerprint density at radius 2 is 2.19 bits per heavy atom. The van der Waals surface area contributed by atoms with E-state index in [1.54, 1.807) is 0 Å². The lowest BCUT2D eigenvalue weighted by molar-refractivity contribution is -0.126. The Morgan fingerprint density at radius 3 is 2.90 bits per heavy atom. The van der Waals surface area contributed by atoms with Gasteiger partial charge in [0.2, 0.25) is 5.91 Å². The fraction of sp³-hybridized carbons (Fsp3) is 0.562. The highest BCUT2D eigenvalue weighted by Gasteiger charge is 2.34. The maximum atomic E-state index is 12.5. The number of nitrogens with one attached hydrogen (secondary N) is 2. The Labute approximate surface area is 134 Å². The zero-order valence-electron chi connectivity index (χ0n) is 12.6. The molecule has 1 aromatic carbocycles. The van der Waals surface area contributed by atoms with Crippen molar-refractivity contribution in [2.75, 3.05) is 19.8 Å². The van der Waals surface area contributed by atoms with Crippen LogP contribution in [0.3, 0.4) is 0 Å². The van der Waals surface area contributed by atoms with Crippen molar-refractivity contribution in [2.24, 2.45) is 5.92 Å². The highest BCUT2D eigenvalue weighted by molar-refractivity contribution is 9.10. The molecule has 0 spiro atoms. The topological polar surface area (TPSA) is 50.4 Å². The standard InChI is InChI=1S/C16H23BrN2O2/c1-3-8-18-15-10-21-9-13(15)16(20)19-11(2)12-6-4-5-7-14(12)17/h4-7,11,13,15,18H,3,8-10H2,1-2H3,(H,19,20)/t11-,13?,15?/m1/s1. The molecule has 0 radical (unpaired) electrons. The van der Waals surface area contributed by atoms with Crippen LogP contribution in [0.5, 0.6) is 0 Å². The van der Waals surface area contributed by atoms with Gasteiger partial charge in [-0.25, -0.2) is 0 Å². The zero-order chi connectivity index (χ0) is 15.2. The van der Waals surface area contributed by atoms with Crippen molar-refractivity contribution in [3.05, 3.63) is 34.3 Å². The van der Waals surface area contributed by atoms with Crippen molar-refractivity contribution in [2.45, 2.75) is 32.4 Å². The van der Waals surface area contributed by atoms with E-state index in [2.05, 4.69) is 33.5 Å². The summed E-state index contributed by atoms with van der Waals surface area (Å²) in [4.78, 5) is 12.5. The summed E-state index contributed by atoms with van der Waals surface area (Å²) in [5.74, 6) is -0.0501. The molecule has 1 saturated heterocycles. The predicted octanol–water partition coefficient (Wildman–Crippen LogP) is 2.64. The summed E-state index contributed by atoms with van der Waals surface area (Å²) in [5.41, 5.74) is 1.09. The maximum Gasteiger partial charge on any atom is 0.227 e. The van der Waals surface area contributed by atoms with E-state index in [1.165, 1.54) is 0 Å². The number of hydrogen-bond donors (Lipinski definition) is 2. The van der Waals surface area contributed by atoms with Crippen LogP contribution in [0.1, 0.15) is 31.9 Å². The van der Waals surface area contributed by atoms with Gasteiger partial charge >= 0.3 is 0 Å². The summed E-state index contributed by atoms with van der Waals surface area (Å²) >= 11 is 3.53. The summed E-state index contributed by atoms with van der Waals surface area (Å²) in [6.45, 7) is 6.14. The number of carbonyl (C=O) groups excluding carboxylic acids is 1. The molecule has 0 bridgehead atoms. The average Bonchev–Trinajstić information content (AvgIpc) is 2.93. The van der Waals surface area contributed by atoms with Gasteiger partial charge in [-0.2, -0.15) is 0 Å². The molecule has 4 nitrogen and oxygen atoms in total. The van der Waals surface area contributed by atoms with Gasteiger partial charge in [0.05, 0.1) is 25.2 Å². The van der Waals surface area contributed by atoms with Gasteiger partial charge in [-0.3, -0.25) is 4.79 Å². The van der Waals surface area contributed by atoms with Crippen LogP contribution >= 0.6 is 15.9 Å². The molecule has 1 amide bonds. The van der Waals surface area contributed by atoms with E-state index in [1.807, 2.05) is 31.2 Å². The van der Waals surface area contributed by atoms with Crippen molar-refractivity contribution in [1.82, 2.24) is 10.6 Å². The average molecular weight is 355 g/mol. The minimum absolute atomic E-state index is 0.0273. The molecule has 0 aliphatic carbocycles. The van der Waals surface area contributed by atoms with E-state index < -0.39 is 0 Å². The molecule has 21 heavy (non-hydrogen) atoms. The number of ether oxygens (including phenoxy) is 1. The third kappa shape index (κ3) is 4.28. The SMILES string of the molecule is CCCNC1COCC1C(=O)N[C@H](C)c1ccccc1Br. The van der Waals surface area contributed by atoms with E-state index in [4.69, 9.17) is 4.74 Å². The molecule has 116 valence electrons. The van der Waals surface area contributed by atoms with E-state index in [0.717, 1.165) is 23.0 Å². The van der Waals surface area contributed by atoms with Crippen LogP contribution in [0.2, 0.25) is 0 Å². The van der Waals surface area contributed by atoms with Crippen molar-refractivity contribution in [3.63, 3.8) is 0 Å². The molecule has 0 aromatic heterocycles. The summed E-state index contributed by atoms with van der Waals surface area (Å²) in [5, 5.41) is 6.49. The highest BCUT2D eigenvalue weighted by Crippen LogP contribution is 2.23. The van der Waals surface area contributed by atoms with Gasteiger partial charge in [0.1, 0.15) is 0 Å². The third-order valence-corrected chi connectivity index (χ3v) is 4.53. The zero-order valence-corrected chi connectivity index (χ0v) is 14.2. The van der Waals surface area contributed by atoms with Crippen molar-refractivity contribution < 1.29 is 9.53 Å². The first-order valence-corrected chi connectivity index (χ1v) is 8.28. The molecule has 2 rings (SSSR count). The second kappa shape index (κ2) is 7.92. The van der Waals surface area contributed by atoms with Crippen LogP contribution in [-0.2, 0) is 9.53 Å². The monoisotopic (exact) mass is 354 g/mol. The molecule has 1 fully saturated rings. The first kappa shape index (κ1) is 16.5. The van der Waals surface area contributed by atoms with Crippen LogP contribution in [0.25, 0.3) is 0 Å². The van der Waals surface area contributed by atoms with E-state index >= 15 is 0 Å². The number of carbonyl (C=O) groups is 1. The molecule has 1 aromatic rings. The van der Waals surface area contributed by atoms with E-state index in [-0.39, 0.29) is 23.9 Å². The summed E-state index contributed by atoms with van der Waals surface area (Å²) in [6, 6.07) is 8.05. The van der Waals surface area contributed by atoms with E-state index in [9.17, 15) is 4.79 Å². The van der Waals surface area contributed by atoms with Crippen LogP contribution in [0.15, 0.2) is 28.7 Å². The summed E-state index contributed by atoms with van der Waals surface area (Å²) in [6.07, 6.45) is 1.05. The summed E-state index contributed by atoms with van der Waals surface area (Å²) < 4.78 is 6.48. The van der Waals surface area contributed by atoms with Crippen LogP contribution < -0.4 is 10.6 Å². The molecule has 0 saturated carbocycles. The quantitative estimate of drug-likeness (QED) is 0.825. The first-order chi connectivity index (χ1) is 10.1. The lowest BCUT2D eigenvalue weighted by Crippen LogP contribution is -2.44. The molecule has 1 heterocycles. The predicted molar refractivity (Wildman–Crippen MR) is 87.1 cm³/mol. The summed E-state index contributed by atoms with van der Waals surface area (Å²) in [7, 11) is 0. The van der Waals surface area contributed by atoms with Crippen molar-refractivity contribution in [1.29, 1.82) is 0 Å². The number of rotatable bonds is 6. The highest BCUT2D eigenvalue weighted by atomic mass is 79.9. The largest absolute Gasteiger partial charge is 0.379 e. The Kier molecular flexibility index (Phi) is 6.21. The Bertz CT molecular complexity index is 481. The minimum atomic E-state index is -0.110. The Hall–Kier alpha value is -0.910. The minimum Gasteiger partial charge on any atom is -0.379 e. The second-order valence-corrected chi connectivity index (χ2v) is 6.31. The van der Waals surface area contributed by atoms with Gasteiger partial charge in [-0.1, -0.05) is 41.1 Å². The molecular formula is C16H23BrN2O2. The van der Waals surface area contributed by atoms with Gasteiger partial charge in [0.15, 0.2) is 0 Å². The van der Waals surface area contributed by atoms with Crippen LogP contribution in [0.4, 0.5) is 0 Å². The van der Waals surface area contributed by atoms with Crippen LogP contribution in [-0.4, -0.2) is 31.7 Å². The Morgan fingerprint density at radius 1 is 1.43 bits per heavy atom. The molecule has 1 aliphatic rings. The maximum absolute atomic E-state index is 12.5. The number of halogens is 1. The number of amides is 1. The van der Waals surface area contributed by atoms with Gasteiger partial charge in [-0.15, -0.1) is 0 Å². The Balaban J connectivity index is 1.96. The normalized spacial score (nSPS) is 23.0. The van der Waals surface area contributed by atoms with Crippen molar-refractivity contribution in [3.8, 4) is 0 Å². The van der Waals surface area contributed by atoms with Crippen LogP contribution in [0, 0.1) is 5.92 Å². The third-order valence-electron chi connectivity index (χ3n) is 3.80. The van der Waals surface area contributed by atoms with Gasteiger partial charge in [-0.05, 0) is 31.5 Å². The number of hydrogen-bond acceptors (Lipinski definition) is 3. The molecular weight excluding hydrogens is 332 g/mol. The fourth-order valence-corrected chi connectivity index (χ4v) is 3.20. The molecule has 5 heteroatoms. The van der Waals surface area contributed by atoms with Crippen molar-refractivity contribution >= 4 is 21.8 Å². The molecule has 2 unspecified atom stereocenters. The second-order valence-electron chi connectivity index (χ2n) is 5.46. The lowest BCUT2D eigenvalue weighted by atomic mass is 10.0. The molecule has 3 atom stereocenters. The van der Waals surface area contributed by atoms with Gasteiger partial charge < -0.3 is 15.4 Å².